The van der Waals surface area contributed by atoms with Gasteiger partial charge in [-0.15, -0.1) is 11.8 Å². The van der Waals surface area contributed by atoms with Crippen molar-refractivity contribution in [2.75, 3.05) is 46.5 Å². The molecule has 0 aliphatic carbocycles. The normalized spacial score (nSPS) is 21.5. The molecule has 0 radical (unpaired) electrons. The van der Waals surface area contributed by atoms with Crippen LogP contribution in [0, 0.1) is 11.3 Å². The van der Waals surface area contributed by atoms with Crippen molar-refractivity contribution in [2.24, 2.45) is 0 Å². The maximum absolute atomic E-state index is 9.15. The Kier molecular flexibility index (Phi) is 4.91. The zero-order valence-electron chi connectivity index (χ0n) is 9.99. The first-order valence-electron chi connectivity index (χ1n) is 5.45. The lowest BCUT2D eigenvalue weighted by Gasteiger charge is -2.36. The summed E-state index contributed by atoms with van der Waals surface area (Å²) in [5, 5.41) is 9.15. The number of hydrogen-bond acceptors (Lipinski definition) is 4. The van der Waals surface area contributed by atoms with E-state index in [4.69, 9.17) is 5.26 Å². The number of rotatable bonds is 4. The number of hydrogen-bond donors (Lipinski definition) is 0. The molecule has 0 bridgehead atoms. The topological polar surface area (TPSA) is 30.3 Å². The Hall–Kier alpha value is -0.240. The van der Waals surface area contributed by atoms with Crippen molar-refractivity contribution in [2.45, 2.75) is 17.6 Å². The van der Waals surface area contributed by atoms with Gasteiger partial charge < -0.3 is 9.80 Å². The summed E-state index contributed by atoms with van der Waals surface area (Å²) in [7, 11) is 4.21. The highest BCUT2D eigenvalue weighted by Crippen LogP contribution is 2.33. The maximum atomic E-state index is 9.15. The third kappa shape index (κ3) is 3.67. The van der Waals surface area contributed by atoms with Gasteiger partial charge in [-0.2, -0.15) is 5.26 Å². The number of nitriles is 1. The Balaban J connectivity index is 2.33. The maximum Gasteiger partial charge on any atom is 0.104 e. The van der Waals surface area contributed by atoms with E-state index in [9.17, 15) is 0 Å². The quantitative estimate of drug-likeness (QED) is 0.723. The van der Waals surface area contributed by atoms with Gasteiger partial charge >= 0.3 is 0 Å². The van der Waals surface area contributed by atoms with Crippen molar-refractivity contribution in [3.05, 3.63) is 0 Å². The lowest BCUT2D eigenvalue weighted by atomic mass is 9.97. The molecule has 0 aromatic heterocycles. The summed E-state index contributed by atoms with van der Waals surface area (Å²) in [6.45, 7) is 4.38. The third-order valence-corrected chi connectivity index (χ3v) is 4.40. The van der Waals surface area contributed by atoms with Crippen LogP contribution in [-0.2, 0) is 0 Å². The molecule has 1 saturated heterocycles. The molecule has 0 spiro atoms. The first-order chi connectivity index (χ1) is 7.12. The van der Waals surface area contributed by atoms with Gasteiger partial charge in [0.1, 0.15) is 4.75 Å². The summed E-state index contributed by atoms with van der Waals surface area (Å²) < 4.78 is -0.103. The molecule has 1 heterocycles. The highest BCUT2D eigenvalue weighted by atomic mass is 32.2. The average Bonchev–Trinajstić information content (AvgIpc) is 2.27. The highest BCUT2D eigenvalue weighted by molar-refractivity contribution is 8.00. The monoisotopic (exact) mass is 227 g/mol. The zero-order chi connectivity index (χ0) is 11.3. The van der Waals surface area contributed by atoms with Gasteiger partial charge in [0.2, 0.25) is 0 Å². The number of likely N-dealkylation sites (tertiary alicyclic amines) is 1. The predicted molar refractivity (Wildman–Crippen MR) is 66.1 cm³/mol. The standard InChI is InChI=1S/C11H21N3S/c1-13(2)8-9-14-6-4-11(10-12,15-3)5-7-14/h4-9H2,1-3H3. The summed E-state index contributed by atoms with van der Waals surface area (Å²) >= 11 is 1.72. The molecule has 1 aliphatic rings. The van der Waals surface area contributed by atoms with Crippen LogP contribution in [-0.4, -0.2) is 61.1 Å². The second kappa shape index (κ2) is 5.74. The first-order valence-corrected chi connectivity index (χ1v) is 6.68. The number of nitrogens with zero attached hydrogens (tertiary/aromatic N) is 3. The van der Waals surface area contributed by atoms with E-state index in [0.717, 1.165) is 39.0 Å². The van der Waals surface area contributed by atoms with Crippen LogP contribution in [0.3, 0.4) is 0 Å². The van der Waals surface area contributed by atoms with Crippen molar-refractivity contribution in [1.82, 2.24) is 9.80 Å². The molecule has 1 fully saturated rings. The van der Waals surface area contributed by atoms with Crippen LogP contribution < -0.4 is 0 Å². The minimum absolute atomic E-state index is 0.103. The zero-order valence-corrected chi connectivity index (χ0v) is 10.8. The van der Waals surface area contributed by atoms with Crippen LogP contribution in [0.1, 0.15) is 12.8 Å². The molecule has 0 aromatic rings. The lowest BCUT2D eigenvalue weighted by Crippen LogP contribution is -2.43. The molecule has 0 aromatic carbocycles. The Labute approximate surface area is 97.4 Å². The van der Waals surface area contributed by atoms with E-state index >= 15 is 0 Å². The van der Waals surface area contributed by atoms with Crippen molar-refractivity contribution in [3.63, 3.8) is 0 Å². The van der Waals surface area contributed by atoms with Crippen LogP contribution >= 0.6 is 11.8 Å². The molecule has 0 saturated carbocycles. The van der Waals surface area contributed by atoms with Gasteiger partial charge in [-0.05, 0) is 33.2 Å². The van der Waals surface area contributed by atoms with E-state index in [-0.39, 0.29) is 4.75 Å². The van der Waals surface area contributed by atoms with Crippen LogP contribution in [0.15, 0.2) is 0 Å². The SMILES string of the molecule is CSC1(C#N)CCN(CCN(C)C)CC1. The van der Waals surface area contributed by atoms with Crippen molar-refractivity contribution >= 4 is 11.8 Å². The molecular weight excluding hydrogens is 206 g/mol. The molecule has 0 amide bonds. The largest absolute Gasteiger partial charge is 0.308 e. The van der Waals surface area contributed by atoms with E-state index in [2.05, 4.69) is 36.2 Å². The van der Waals surface area contributed by atoms with E-state index in [1.807, 2.05) is 0 Å². The molecule has 0 atom stereocenters. The number of thioether (sulfide) groups is 1. The fraction of sp³-hybridized carbons (Fsp3) is 0.909. The van der Waals surface area contributed by atoms with Crippen molar-refractivity contribution in [3.8, 4) is 6.07 Å². The van der Waals surface area contributed by atoms with Crippen LogP contribution in [0.2, 0.25) is 0 Å². The minimum Gasteiger partial charge on any atom is -0.308 e. The van der Waals surface area contributed by atoms with Gasteiger partial charge in [0.15, 0.2) is 0 Å². The van der Waals surface area contributed by atoms with Crippen LogP contribution in [0.4, 0.5) is 0 Å². The molecule has 15 heavy (non-hydrogen) atoms. The molecule has 4 heteroatoms. The van der Waals surface area contributed by atoms with Crippen LogP contribution in [0.25, 0.3) is 0 Å². The Morgan fingerprint density at radius 3 is 2.40 bits per heavy atom. The molecule has 0 unspecified atom stereocenters. The van der Waals surface area contributed by atoms with Crippen LogP contribution in [0.5, 0.6) is 0 Å². The second-order valence-corrected chi connectivity index (χ2v) is 5.64. The van der Waals surface area contributed by atoms with E-state index in [1.54, 1.807) is 11.8 Å². The summed E-state index contributed by atoms with van der Waals surface area (Å²) in [6.07, 6.45) is 4.08. The first kappa shape index (κ1) is 12.8. The number of piperidine rings is 1. The van der Waals surface area contributed by atoms with Gasteiger partial charge in [0, 0.05) is 26.2 Å². The van der Waals surface area contributed by atoms with E-state index in [0.29, 0.717) is 0 Å². The summed E-state index contributed by atoms with van der Waals surface area (Å²) in [5.41, 5.74) is 0. The second-order valence-electron chi connectivity index (χ2n) is 4.46. The van der Waals surface area contributed by atoms with Gasteiger partial charge in [0.25, 0.3) is 0 Å². The smallest absolute Gasteiger partial charge is 0.104 e. The lowest BCUT2D eigenvalue weighted by molar-refractivity contribution is 0.197. The summed E-state index contributed by atoms with van der Waals surface area (Å²) in [4.78, 5) is 4.67. The molecule has 3 nitrogen and oxygen atoms in total. The molecule has 0 N–H and O–H groups in total. The molecule has 1 aliphatic heterocycles. The van der Waals surface area contributed by atoms with Crippen molar-refractivity contribution in [1.29, 1.82) is 5.26 Å². The average molecular weight is 227 g/mol. The molecular formula is C11H21N3S. The van der Waals surface area contributed by atoms with Gasteiger partial charge in [-0.3, -0.25) is 0 Å². The van der Waals surface area contributed by atoms with E-state index < -0.39 is 0 Å². The molecule has 86 valence electrons. The van der Waals surface area contributed by atoms with E-state index in [1.165, 1.54) is 0 Å². The fourth-order valence-electron chi connectivity index (χ4n) is 1.84. The van der Waals surface area contributed by atoms with Gasteiger partial charge in [-0.1, -0.05) is 0 Å². The minimum atomic E-state index is -0.103. The van der Waals surface area contributed by atoms with Crippen molar-refractivity contribution < 1.29 is 0 Å². The summed E-state index contributed by atoms with van der Waals surface area (Å²) in [5.74, 6) is 0. The number of likely N-dealkylation sites (N-methyl/N-ethyl adjacent to an activating group) is 1. The van der Waals surface area contributed by atoms with Gasteiger partial charge in [-0.25, -0.2) is 0 Å². The Morgan fingerprint density at radius 2 is 2.00 bits per heavy atom. The highest BCUT2D eigenvalue weighted by Gasteiger charge is 2.33. The Bertz CT molecular complexity index is 226. The molecule has 1 rings (SSSR count). The summed E-state index contributed by atoms with van der Waals surface area (Å²) in [6, 6.07) is 2.48. The third-order valence-electron chi connectivity index (χ3n) is 3.12. The Morgan fingerprint density at radius 1 is 1.40 bits per heavy atom. The van der Waals surface area contributed by atoms with Gasteiger partial charge in [0.05, 0.1) is 6.07 Å². The fourth-order valence-corrected chi connectivity index (χ4v) is 2.52. The predicted octanol–water partition coefficient (Wildman–Crippen LogP) is 1.27.